The summed E-state index contributed by atoms with van der Waals surface area (Å²) < 4.78 is 76.4. The zero-order valence-electron chi connectivity index (χ0n) is 27.1. The maximum Gasteiger partial charge on any atom is 0.478 e. The minimum absolute atomic E-state index is 0.0418. The summed E-state index contributed by atoms with van der Waals surface area (Å²) in [5, 5.41) is 31.9. The molecule has 2 fully saturated rings. The van der Waals surface area contributed by atoms with Gasteiger partial charge in [0, 0.05) is 7.11 Å². The molecule has 4 aromatic rings. The number of ether oxygens (including phenoxy) is 3. The summed E-state index contributed by atoms with van der Waals surface area (Å²) in [6, 6.07) is 0. The number of aliphatic hydroxyl groups is 3. The summed E-state index contributed by atoms with van der Waals surface area (Å²) in [5.41, 5.74) is 9.77. The second-order valence-corrected chi connectivity index (χ2v) is 16.3. The van der Waals surface area contributed by atoms with Crippen molar-refractivity contribution in [3.8, 4) is 0 Å². The molecule has 0 bridgehead atoms. The van der Waals surface area contributed by atoms with Crippen LogP contribution >= 0.6 is 23.1 Å². The first-order valence-electron chi connectivity index (χ1n) is 14.8. The normalized spacial score (nSPS) is 29.7. The van der Waals surface area contributed by atoms with Crippen molar-refractivity contribution in [1.82, 2.24) is 34.1 Å². The number of aromatic nitrogens is 8. The third-order valence-corrected chi connectivity index (χ3v) is 12.4. The van der Waals surface area contributed by atoms with E-state index >= 15 is 0 Å². The Morgan fingerprint density at radius 1 is 0.943 bits per heavy atom. The highest BCUT2D eigenvalue weighted by Gasteiger charge is 2.50. The molecule has 31 heteroatoms. The monoisotopic (exact) mass is 811 g/mol. The van der Waals surface area contributed by atoms with Crippen molar-refractivity contribution in [1.29, 1.82) is 0 Å². The molecular weight excluding hydrogens is 780 g/mol. The Hall–Kier alpha value is -3.43. The van der Waals surface area contributed by atoms with Crippen LogP contribution in [0.15, 0.2) is 22.2 Å². The number of phosphoric acid groups is 2. The van der Waals surface area contributed by atoms with E-state index in [9.17, 15) is 48.4 Å². The molecule has 53 heavy (non-hydrogen) atoms. The quantitative estimate of drug-likeness (QED) is 0.0356. The van der Waals surface area contributed by atoms with Crippen molar-refractivity contribution in [3.63, 3.8) is 0 Å². The number of anilines is 2. The SMILES string of the molecule is [B]P(=O)(OP(=O)(O)OC[C@H]1O[C@@H](n2cnc3c(=O)[nH]c(N)nc32)[C@H](O)[C@@H]1O)OP(=O)(O)OC[C@H]1O[C@@H]([n+]2cn(C)c3c(=O)[nH]c(N)nc32)[C@H](OC)[C@@H]1O. The van der Waals surface area contributed by atoms with Crippen LogP contribution in [0.2, 0.25) is 0 Å². The van der Waals surface area contributed by atoms with E-state index in [0.717, 1.165) is 10.9 Å². The molecule has 0 amide bonds. The average molecular weight is 811 g/mol. The number of nitrogens with two attached hydrogens (primary N) is 2. The van der Waals surface area contributed by atoms with Crippen molar-refractivity contribution >= 4 is 64.9 Å². The largest absolute Gasteiger partial charge is 0.478 e. The van der Waals surface area contributed by atoms with Gasteiger partial charge in [-0.05, 0) is 0 Å². The van der Waals surface area contributed by atoms with Gasteiger partial charge in [-0.1, -0.05) is 4.98 Å². The van der Waals surface area contributed by atoms with Crippen molar-refractivity contribution in [2.75, 3.05) is 31.8 Å². The predicted molar refractivity (Wildman–Crippen MR) is 172 cm³/mol. The maximum absolute atomic E-state index is 12.7. The molecule has 0 spiro atoms. The third kappa shape index (κ3) is 7.89. The first-order valence-corrected chi connectivity index (χ1v) is 19.4. The highest BCUT2D eigenvalue weighted by atomic mass is 31.3. The van der Waals surface area contributed by atoms with Gasteiger partial charge in [0.05, 0.1) is 26.6 Å². The number of nitrogen functional groups attached to an aromatic ring is 2. The fourth-order valence-corrected chi connectivity index (χ4v) is 9.44. The highest BCUT2D eigenvalue weighted by molar-refractivity contribution is 7.86. The second kappa shape index (κ2) is 14.3. The Balaban J connectivity index is 1.06. The van der Waals surface area contributed by atoms with Crippen molar-refractivity contribution in [3.05, 3.63) is 33.4 Å². The van der Waals surface area contributed by atoms with E-state index in [4.69, 9.17) is 37.8 Å². The Morgan fingerprint density at radius 3 is 2.15 bits per heavy atom. The molecule has 11 atom stereocenters. The Morgan fingerprint density at radius 2 is 1.53 bits per heavy atom. The van der Waals surface area contributed by atoms with Gasteiger partial charge in [-0.3, -0.25) is 42.3 Å². The number of aliphatic hydroxyl groups excluding tert-OH is 3. The van der Waals surface area contributed by atoms with E-state index in [-0.39, 0.29) is 34.2 Å². The number of rotatable bonds is 13. The van der Waals surface area contributed by atoms with Crippen LogP contribution in [0, 0.1) is 0 Å². The predicted octanol–water partition coefficient (Wildman–Crippen LogP) is -3.72. The third-order valence-electron chi connectivity index (χ3n) is 7.95. The van der Waals surface area contributed by atoms with Crippen molar-refractivity contribution in [2.45, 2.75) is 49.1 Å². The van der Waals surface area contributed by atoms with Gasteiger partial charge in [0.2, 0.25) is 25.3 Å². The highest BCUT2D eigenvalue weighted by Crippen LogP contribution is 2.67. The molecule has 3 unspecified atom stereocenters. The molecule has 27 nitrogen and oxygen atoms in total. The molecule has 0 aliphatic carbocycles. The average Bonchev–Trinajstić information content (AvgIpc) is 3.77. The van der Waals surface area contributed by atoms with E-state index in [1.54, 1.807) is 0 Å². The van der Waals surface area contributed by atoms with E-state index < -0.39 is 96.5 Å². The van der Waals surface area contributed by atoms with Crippen molar-refractivity contribution in [2.24, 2.45) is 7.05 Å². The van der Waals surface area contributed by atoms with Crippen LogP contribution < -0.4 is 27.2 Å². The first-order chi connectivity index (χ1) is 24.7. The summed E-state index contributed by atoms with van der Waals surface area (Å²) in [6.45, 7) is -1.97. The number of H-pyrrole nitrogens is 2. The van der Waals surface area contributed by atoms with Crippen molar-refractivity contribution < 1.29 is 75.2 Å². The summed E-state index contributed by atoms with van der Waals surface area (Å²) >= 11 is 0. The Kier molecular flexibility index (Phi) is 10.6. The Bertz CT molecular complexity index is 2300. The van der Waals surface area contributed by atoms with Crippen LogP contribution in [0.25, 0.3) is 22.3 Å². The fraction of sp³-hybridized carbons (Fsp3) is 0.545. The molecule has 0 aromatic carbocycles. The number of imidazole rings is 2. The number of nitrogens with zero attached hydrogens (tertiary/aromatic N) is 6. The molecule has 2 radical (unpaired) electrons. The molecule has 0 saturated carbocycles. The van der Waals surface area contributed by atoms with Crippen LogP contribution in [0.5, 0.6) is 0 Å². The van der Waals surface area contributed by atoms with Crippen LogP contribution in [0.1, 0.15) is 12.5 Å². The lowest BCUT2D eigenvalue weighted by molar-refractivity contribution is -0.746. The fourth-order valence-electron chi connectivity index (χ4n) is 5.70. The molecule has 2 aliphatic rings. The summed E-state index contributed by atoms with van der Waals surface area (Å²) in [4.78, 5) is 61.3. The van der Waals surface area contributed by atoms with E-state index in [1.165, 1.54) is 29.6 Å². The molecule has 2 aliphatic heterocycles. The van der Waals surface area contributed by atoms with E-state index in [1.807, 2.05) is 0 Å². The van der Waals surface area contributed by atoms with Gasteiger partial charge in [0.15, 0.2) is 23.7 Å². The molecule has 4 aromatic heterocycles. The lowest BCUT2D eigenvalue weighted by Crippen LogP contribution is -2.47. The van der Waals surface area contributed by atoms with Gasteiger partial charge in [-0.25, -0.2) is 27.3 Å². The number of hydrogen-bond acceptors (Lipinski definition) is 20. The molecule has 6 rings (SSSR count). The lowest BCUT2D eigenvalue weighted by Gasteiger charge is -2.22. The summed E-state index contributed by atoms with van der Waals surface area (Å²) in [7, 11) is -8.54. The van der Waals surface area contributed by atoms with Gasteiger partial charge in [0.25, 0.3) is 24.5 Å². The van der Waals surface area contributed by atoms with E-state index in [0.29, 0.717) is 0 Å². The van der Waals surface area contributed by atoms with Gasteiger partial charge < -0.3 is 50.8 Å². The minimum Gasteiger partial charge on any atom is -0.387 e. The topological polar surface area (TPSA) is 387 Å². The maximum atomic E-state index is 12.7. The number of aryl methyl sites for hydroxylation is 1. The minimum atomic E-state index is -5.55. The zero-order valence-corrected chi connectivity index (χ0v) is 29.8. The van der Waals surface area contributed by atoms with Crippen LogP contribution in [0.3, 0.4) is 0 Å². The number of phosphoric ester groups is 2. The Labute approximate surface area is 295 Å². The van der Waals surface area contributed by atoms with Gasteiger partial charge in [-0.2, -0.15) is 4.98 Å². The number of nitrogens with one attached hydrogen (secondary N) is 2. The molecule has 6 heterocycles. The van der Waals surface area contributed by atoms with Gasteiger partial charge >= 0.3 is 21.3 Å². The first kappa shape index (κ1) is 39.3. The summed E-state index contributed by atoms with van der Waals surface area (Å²) in [6.07, 6.45) is -9.44. The van der Waals surface area contributed by atoms with Crippen LogP contribution in [-0.4, -0.2) is 124 Å². The van der Waals surface area contributed by atoms with E-state index in [2.05, 4.69) is 38.1 Å². The van der Waals surface area contributed by atoms with Crippen LogP contribution in [-0.2, 0) is 52.6 Å². The second-order valence-electron chi connectivity index (χ2n) is 11.6. The lowest BCUT2D eigenvalue weighted by atomic mass is 10.1. The zero-order chi connectivity index (χ0) is 38.8. The number of methoxy groups -OCH3 is 1. The molecule has 2 saturated heterocycles. The van der Waals surface area contributed by atoms with Gasteiger partial charge in [-0.15, -0.1) is 0 Å². The molecular formula is C22H31BN10O17P3+. The standard InChI is InChI=1S/C22H30BN10O17P3/c1-31-6-33(16-10(31)18(38)30-22(25)28-16)20-14(44-2)12(35)8(48-20)4-46-53(42,43)50-51(23,39)49-52(40,41)45-3-7-11(34)13(36)19(47-7)32-5-26-9-15(32)27-21(24)29-17(9)37/h5-8,11-14,19-20,34-36H,3-4H2,1-2H3,(H7-,24,25,27,28,29,30,37,38,40,41,42,43)/p+1/t7-,8-,11-,12-,13-,14-,19-,20-,51?/m1/s1. The molecule has 11 N–H and O–H groups in total. The summed E-state index contributed by atoms with van der Waals surface area (Å²) in [5.74, 6) is -0.515. The number of fused-ring (bicyclic) bond motifs is 2. The van der Waals surface area contributed by atoms with Crippen LogP contribution in [0.4, 0.5) is 11.9 Å². The smallest absolute Gasteiger partial charge is 0.387 e. The number of aromatic amines is 2. The number of hydrogen-bond donors (Lipinski definition) is 9. The van der Waals surface area contributed by atoms with Gasteiger partial charge in [0.1, 0.15) is 36.6 Å². The molecule has 288 valence electrons.